The van der Waals surface area contributed by atoms with Gasteiger partial charge in [0, 0.05) is 0 Å². The first-order chi connectivity index (χ1) is 25.6. The summed E-state index contributed by atoms with van der Waals surface area (Å²) < 4.78 is 48.6. The van der Waals surface area contributed by atoms with Crippen LogP contribution in [-0.4, -0.2) is 198 Å². The molecule has 19 heteroatoms. The molecule has 0 fully saturated rings. The predicted molar refractivity (Wildman–Crippen MR) is 209 cm³/mol. The Morgan fingerprint density at radius 2 is 0.418 bits per heavy atom. The van der Waals surface area contributed by atoms with Crippen LogP contribution < -0.4 is 0 Å². The van der Waals surface area contributed by atoms with Crippen molar-refractivity contribution in [1.82, 2.24) is 0 Å². The van der Waals surface area contributed by atoms with Crippen LogP contribution >= 0.6 is 8.60 Å². The van der Waals surface area contributed by atoms with E-state index in [0.717, 1.165) is 0 Å². The van der Waals surface area contributed by atoms with Gasteiger partial charge in [-0.25, -0.2) is 0 Å². The molecular formula is C36H81O18P. The minimum Gasteiger partial charge on any atom is -0.394 e. The zero-order valence-electron chi connectivity index (χ0n) is 35.6. The van der Waals surface area contributed by atoms with E-state index in [9.17, 15) is 0 Å². The lowest BCUT2D eigenvalue weighted by molar-refractivity contribution is -0.0825. The Bertz CT molecular complexity index is 665. The van der Waals surface area contributed by atoms with Gasteiger partial charge in [-0.15, -0.1) is 0 Å². The van der Waals surface area contributed by atoms with Crippen molar-refractivity contribution in [3.05, 3.63) is 0 Å². The average Bonchev–Trinajstić information content (AvgIpc) is 3.12. The van der Waals surface area contributed by atoms with Gasteiger partial charge in [-0.1, -0.05) is 0 Å². The molecule has 9 N–H and O–H groups in total. The van der Waals surface area contributed by atoms with Gasteiger partial charge in [0.05, 0.1) is 153 Å². The van der Waals surface area contributed by atoms with Crippen LogP contribution in [0.5, 0.6) is 0 Å². The van der Waals surface area contributed by atoms with E-state index in [-0.39, 0.29) is 74.8 Å². The van der Waals surface area contributed by atoms with Crippen LogP contribution in [0.1, 0.15) is 83.1 Å². The molecule has 0 saturated carbocycles. The highest BCUT2D eigenvalue weighted by atomic mass is 31.2. The molecule has 0 heterocycles. The van der Waals surface area contributed by atoms with Gasteiger partial charge in [-0.2, -0.15) is 0 Å². The quantitative estimate of drug-likeness (QED) is 0.0456. The van der Waals surface area contributed by atoms with Crippen molar-refractivity contribution >= 4 is 8.60 Å². The fourth-order valence-electron chi connectivity index (χ4n) is 3.16. The molecule has 0 aliphatic heterocycles. The van der Waals surface area contributed by atoms with Crippen molar-refractivity contribution in [3.8, 4) is 0 Å². The van der Waals surface area contributed by atoms with E-state index < -0.39 is 26.9 Å². The van der Waals surface area contributed by atoms with E-state index in [1.807, 2.05) is 41.5 Å². The van der Waals surface area contributed by atoms with Crippen LogP contribution in [-0.2, 0) is 42.6 Å². The van der Waals surface area contributed by atoms with Gasteiger partial charge in [0.2, 0.25) is 0 Å². The van der Waals surface area contributed by atoms with Crippen molar-refractivity contribution in [2.45, 2.75) is 156 Å². The first-order valence-electron chi connectivity index (χ1n) is 18.9. The Labute approximate surface area is 331 Å². The molecule has 0 rings (SSSR count). The standard InChI is InChI=1S/3C12H26O5.H3O3P/c3*1-9(14)6-15-11(3)8-17-12(4)7-16-10(2)5-13;1-4(2)3/h3*9-14H,5-8H2,1-4H3;1-3H. The molecule has 12 atom stereocenters. The van der Waals surface area contributed by atoms with E-state index in [0.29, 0.717) is 59.5 Å². The predicted octanol–water partition coefficient (Wildman–Crippen LogP) is 0.915. The Balaban J connectivity index is -0.000000337. The summed E-state index contributed by atoms with van der Waals surface area (Å²) in [5.74, 6) is 0. The van der Waals surface area contributed by atoms with E-state index in [4.69, 9.17) is 88.0 Å². The lowest BCUT2D eigenvalue weighted by Crippen LogP contribution is -2.27. The van der Waals surface area contributed by atoms with Gasteiger partial charge in [0.25, 0.3) is 0 Å². The molecule has 0 aromatic rings. The molecule has 0 aromatic heterocycles. The molecule has 0 bridgehead atoms. The third kappa shape index (κ3) is 55.8. The molecule has 0 spiro atoms. The van der Waals surface area contributed by atoms with Crippen LogP contribution in [0.25, 0.3) is 0 Å². The number of hydrogen-bond donors (Lipinski definition) is 9. The number of aliphatic hydroxyl groups excluding tert-OH is 6. The average molecular weight is 833 g/mol. The van der Waals surface area contributed by atoms with Gasteiger partial charge in [-0.05, 0) is 83.1 Å². The molecule has 0 saturated heterocycles. The Hall–Kier alpha value is -0.290. The van der Waals surface area contributed by atoms with Gasteiger partial charge >= 0.3 is 8.60 Å². The molecule has 18 nitrogen and oxygen atoms in total. The zero-order chi connectivity index (χ0) is 43.4. The van der Waals surface area contributed by atoms with Gasteiger partial charge in [-0.3, -0.25) is 0 Å². The van der Waals surface area contributed by atoms with Crippen LogP contribution in [0, 0.1) is 0 Å². The van der Waals surface area contributed by atoms with Crippen molar-refractivity contribution in [2.75, 3.05) is 79.3 Å². The fourth-order valence-corrected chi connectivity index (χ4v) is 3.16. The van der Waals surface area contributed by atoms with Gasteiger partial charge < -0.3 is 88.0 Å². The van der Waals surface area contributed by atoms with Crippen molar-refractivity contribution in [2.24, 2.45) is 0 Å². The third-order valence-electron chi connectivity index (χ3n) is 6.33. The topological polar surface area (TPSA) is 265 Å². The highest BCUT2D eigenvalue weighted by Gasteiger charge is 2.12. The second kappa shape index (κ2) is 41.9. The van der Waals surface area contributed by atoms with Gasteiger partial charge in [0.15, 0.2) is 0 Å². The largest absolute Gasteiger partial charge is 0.394 e. The SMILES string of the molecule is CC(O)COC(C)COC(C)COC(C)CO.CC(O)COC(C)COC(C)COC(C)CO.CC(O)COC(C)COC(C)COC(C)CO.OP(O)O. The third-order valence-corrected chi connectivity index (χ3v) is 6.33. The van der Waals surface area contributed by atoms with Crippen LogP contribution in [0.4, 0.5) is 0 Å². The molecule has 0 radical (unpaired) electrons. The number of ether oxygens (including phenoxy) is 9. The lowest BCUT2D eigenvalue weighted by Gasteiger charge is -2.19. The maximum absolute atomic E-state index is 9.04. The zero-order valence-corrected chi connectivity index (χ0v) is 36.5. The molecular weight excluding hydrogens is 751 g/mol. The van der Waals surface area contributed by atoms with E-state index in [1.54, 1.807) is 41.5 Å². The number of hydrogen-bond acceptors (Lipinski definition) is 18. The summed E-state index contributed by atoms with van der Waals surface area (Å²) in [6.07, 6.45) is -2.13. The highest BCUT2D eigenvalue weighted by molar-refractivity contribution is 7.38. The van der Waals surface area contributed by atoms with E-state index >= 15 is 0 Å². The summed E-state index contributed by atoms with van der Waals surface area (Å²) in [7, 11) is -2.62. The summed E-state index contributed by atoms with van der Waals surface area (Å²) in [6.45, 7) is 25.6. The maximum atomic E-state index is 9.04. The summed E-state index contributed by atoms with van der Waals surface area (Å²) in [5.41, 5.74) is 0. The van der Waals surface area contributed by atoms with Crippen LogP contribution in [0.3, 0.4) is 0 Å². The monoisotopic (exact) mass is 833 g/mol. The van der Waals surface area contributed by atoms with E-state index in [1.165, 1.54) is 0 Å². The molecule has 12 unspecified atom stereocenters. The first-order valence-corrected chi connectivity index (χ1v) is 20.1. The normalized spacial score (nSPS) is 18.0. The summed E-state index contributed by atoms with van der Waals surface area (Å²) in [5, 5.41) is 53.5. The first kappa shape index (κ1) is 61.4. The second-order valence-electron chi connectivity index (χ2n) is 13.7. The number of aliphatic hydroxyl groups is 6. The molecule has 0 aromatic carbocycles. The van der Waals surface area contributed by atoms with Crippen LogP contribution in [0.15, 0.2) is 0 Å². The highest BCUT2D eigenvalue weighted by Crippen LogP contribution is 2.11. The van der Waals surface area contributed by atoms with Gasteiger partial charge in [0.1, 0.15) is 0 Å². The van der Waals surface area contributed by atoms with Crippen molar-refractivity contribution < 1.29 is 88.0 Å². The smallest absolute Gasteiger partial charge is 0.324 e. The lowest BCUT2D eigenvalue weighted by atomic mass is 10.3. The van der Waals surface area contributed by atoms with Crippen molar-refractivity contribution in [1.29, 1.82) is 0 Å². The minimum absolute atomic E-state index is 0.0145. The maximum Gasteiger partial charge on any atom is 0.324 e. The number of rotatable bonds is 30. The molecule has 0 aliphatic carbocycles. The fraction of sp³-hybridized carbons (Fsp3) is 1.00. The van der Waals surface area contributed by atoms with Crippen LogP contribution in [0.2, 0.25) is 0 Å². The minimum atomic E-state index is -2.62. The molecule has 338 valence electrons. The van der Waals surface area contributed by atoms with E-state index in [2.05, 4.69) is 0 Å². The second-order valence-corrected chi connectivity index (χ2v) is 14.2. The summed E-state index contributed by atoms with van der Waals surface area (Å²) in [6, 6.07) is 0. The Morgan fingerprint density at radius 3 is 0.545 bits per heavy atom. The Morgan fingerprint density at radius 1 is 0.291 bits per heavy atom. The summed E-state index contributed by atoms with van der Waals surface area (Å²) in [4.78, 5) is 21.7. The molecule has 0 aliphatic rings. The molecule has 55 heavy (non-hydrogen) atoms. The molecule has 0 amide bonds. The summed E-state index contributed by atoms with van der Waals surface area (Å²) >= 11 is 0. The Kier molecular flexibility index (Phi) is 46.7. The van der Waals surface area contributed by atoms with Crippen molar-refractivity contribution in [3.63, 3.8) is 0 Å².